The van der Waals surface area contributed by atoms with Crippen LogP contribution >= 0.6 is 11.6 Å². The molecule has 0 saturated heterocycles. The van der Waals surface area contributed by atoms with E-state index in [0.29, 0.717) is 35.1 Å². The smallest absolute Gasteiger partial charge is 0.307 e. The molecule has 7 heteroatoms. The molecule has 1 heterocycles. The van der Waals surface area contributed by atoms with Crippen LogP contribution in [0, 0.1) is 11.8 Å². The minimum Gasteiger partial charge on any atom is -0.481 e. The Hall–Kier alpha value is -1.95. The number of hydrogen-bond acceptors (Lipinski definition) is 4. The van der Waals surface area contributed by atoms with Crippen LogP contribution in [0.3, 0.4) is 0 Å². The van der Waals surface area contributed by atoms with Gasteiger partial charge in [-0.05, 0) is 12.8 Å². The lowest BCUT2D eigenvalue weighted by Gasteiger charge is -2.16. The summed E-state index contributed by atoms with van der Waals surface area (Å²) in [7, 11) is 0. The molecule has 0 spiro atoms. The Labute approximate surface area is 126 Å². The molecular weight excluding hydrogens is 298 g/mol. The zero-order valence-corrected chi connectivity index (χ0v) is 11.9. The van der Waals surface area contributed by atoms with Crippen LogP contribution in [0.25, 0.3) is 0 Å². The quantitative estimate of drug-likeness (QED) is 0.896. The second-order valence-corrected chi connectivity index (χ2v) is 5.56. The molecule has 1 aliphatic heterocycles. The highest BCUT2D eigenvalue weighted by Gasteiger charge is 2.38. The molecule has 6 nitrogen and oxygen atoms in total. The van der Waals surface area contributed by atoms with Crippen molar-refractivity contribution in [3.8, 4) is 11.5 Å². The molecule has 2 aliphatic rings. The van der Waals surface area contributed by atoms with Gasteiger partial charge in [-0.25, -0.2) is 0 Å². The van der Waals surface area contributed by atoms with E-state index < -0.39 is 17.8 Å². The number of carboxylic acids is 1. The van der Waals surface area contributed by atoms with Crippen LogP contribution in [-0.2, 0) is 9.59 Å². The molecule has 1 aromatic rings. The van der Waals surface area contributed by atoms with Gasteiger partial charge in [-0.1, -0.05) is 18.0 Å². The molecule has 1 fully saturated rings. The van der Waals surface area contributed by atoms with Gasteiger partial charge in [0.1, 0.15) is 0 Å². The van der Waals surface area contributed by atoms with Crippen molar-refractivity contribution in [2.75, 3.05) is 12.1 Å². The zero-order chi connectivity index (χ0) is 15.0. The van der Waals surface area contributed by atoms with E-state index in [-0.39, 0.29) is 12.7 Å². The van der Waals surface area contributed by atoms with Crippen LogP contribution in [-0.4, -0.2) is 23.8 Å². The van der Waals surface area contributed by atoms with Crippen molar-refractivity contribution >= 4 is 29.2 Å². The van der Waals surface area contributed by atoms with Crippen LogP contribution in [0.4, 0.5) is 5.69 Å². The fourth-order valence-electron chi connectivity index (χ4n) is 2.81. The first kappa shape index (κ1) is 14.0. The molecule has 1 aliphatic carbocycles. The summed E-state index contributed by atoms with van der Waals surface area (Å²) in [6.07, 6.45) is 1.84. The van der Waals surface area contributed by atoms with Crippen LogP contribution in [0.1, 0.15) is 19.3 Å². The van der Waals surface area contributed by atoms with Crippen molar-refractivity contribution in [3.05, 3.63) is 17.2 Å². The highest BCUT2D eigenvalue weighted by atomic mass is 35.5. The second kappa shape index (κ2) is 5.44. The van der Waals surface area contributed by atoms with Gasteiger partial charge in [-0.2, -0.15) is 0 Å². The molecule has 0 aromatic heterocycles. The normalized spacial score (nSPS) is 23.1. The monoisotopic (exact) mass is 311 g/mol. The van der Waals surface area contributed by atoms with Crippen molar-refractivity contribution in [1.29, 1.82) is 0 Å². The van der Waals surface area contributed by atoms with Gasteiger partial charge in [0, 0.05) is 12.1 Å². The Morgan fingerprint density at radius 3 is 2.57 bits per heavy atom. The standard InChI is InChI=1S/C14H14ClNO5/c15-9-4-11-12(21-6-20-11)5-10(9)16-13(17)7-2-1-3-8(7)14(18)19/h4-5,7-8H,1-3,6H2,(H,16,17)(H,18,19)/t7-,8+/m1/s1. The summed E-state index contributed by atoms with van der Waals surface area (Å²) in [4.78, 5) is 23.4. The van der Waals surface area contributed by atoms with E-state index in [1.807, 2.05) is 0 Å². The van der Waals surface area contributed by atoms with Crippen LogP contribution < -0.4 is 14.8 Å². The first-order valence-electron chi connectivity index (χ1n) is 6.69. The number of aliphatic carboxylic acids is 1. The SMILES string of the molecule is O=C(O)[C@H]1CCC[C@H]1C(=O)Nc1cc2c(cc1Cl)OCO2. The maximum absolute atomic E-state index is 12.3. The predicted molar refractivity (Wildman–Crippen MR) is 74.7 cm³/mol. The Bertz CT molecular complexity index is 603. The van der Waals surface area contributed by atoms with Gasteiger partial charge in [0.05, 0.1) is 22.5 Å². The van der Waals surface area contributed by atoms with Gasteiger partial charge >= 0.3 is 5.97 Å². The van der Waals surface area contributed by atoms with E-state index in [2.05, 4.69) is 5.32 Å². The minimum absolute atomic E-state index is 0.118. The number of carbonyl (C=O) groups is 2. The lowest BCUT2D eigenvalue weighted by atomic mass is 9.95. The molecule has 2 atom stereocenters. The fourth-order valence-corrected chi connectivity index (χ4v) is 3.01. The van der Waals surface area contributed by atoms with E-state index in [4.69, 9.17) is 26.2 Å². The fraction of sp³-hybridized carbons (Fsp3) is 0.429. The number of halogens is 1. The molecule has 0 unspecified atom stereocenters. The molecule has 1 amide bonds. The Balaban J connectivity index is 1.77. The number of amides is 1. The number of nitrogens with one attached hydrogen (secondary N) is 1. The number of fused-ring (bicyclic) bond motifs is 1. The van der Waals surface area contributed by atoms with Gasteiger partial charge in [-0.3, -0.25) is 9.59 Å². The molecule has 1 saturated carbocycles. The average molecular weight is 312 g/mol. The Morgan fingerprint density at radius 2 is 1.86 bits per heavy atom. The topological polar surface area (TPSA) is 84.9 Å². The number of rotatable bonds is 3. The van der Waals surface area contributed by atoms with Crippen molar-refractivity contribution in [2.24, 2.45) is 11.8 Å². The van der Waals surface area contributed by atoms with Crippen molar-refractivity contribution in [2.45, 2.75) is 19.3 Å². The molecule has 112 valence electrons. The van der Waals surface area contributed by atoms with Crippen molar-refractivity contribution in [3.63, 3.8) is 0 Å². The van der Waals surface area contributed by atoms with Crippen LogP contribution in [0.5, 0.6) is 11.5 Å². The zero-order valence-electron chi connectivity index (χ0n) is 11.1. The van der Waals surface area contributed by atoms with Crippen LogP contribution in [0.2, 0.25) is 5.02 Å². The first-order chi connectivity index (χ1) is 10.1. The molecule has 2 N–H and O–H groups in total. The number of benzene rings is 1. The number of ether oxygens (including phenoxy) is 2. The Kier molecular flexibility index (Phi) is 3.63. The van der Waals surface area contributed by atoms with E-state index in [9.17, 15) is 9.59 Å². The maximum Gasteiger partial charge on any atom is 0.307 e. The Morgan fingerprint density at radius 1 is 1.19 bits per heavy atom. The third-order valence-corrected chi connectivity index (χ3v) is 4.20. The predicted octanol–water partition coefficient (Wildman–Crippen LogP) is 2.51. The van der Waals surface area contributed by atoms with E-state index in [1.165, 1.54) is 0 Å². The number of hydrogen-bond donors (Lipinski definition) is 2. The summed E-state index contributed by atoms with van der Waals surface area (Å²) in [5.74, 6) is -1.36. The lowest BCUT2D eigenvalue weighted by molar-refractivity contribution is -0.145. The first-order valence-corrected chi connectivity index (χ1v) is 7.07. The average Bonchev–Trinajstić information content (AvgIpc) is 3.06. The van der Waals surface area contributed by atoms with Gasteiger partial charge < -0.3 is 19.9 Å². The summed E-state index contributed by atoms with van der Waals surface area (Å²) in [5.41, 5.74) is 0.405. The minimum atomic E-state index is -0.926. The largest absolute Gasteiger partial charge is 0.481 e. The number of carboxylic acid groups (broad SMARTS) is 1. The van der Waals surface area contributed by atoms with Gasteiger partial charge in [-0.15, -0.1) is 0 Å². The molecule has 0 bridgehead atoms. The van der Waals surface area contributed by atoms with Gasteiger partial charge in [0.25, 0.3) is 0 Å². The molecule has 3 rings (SSSR count). The maximum atomic E-state index is 12.3. The third kappa shape index (κ3) is 2.63. The summed E-state index contributed by atoms with van der Waals surface area (Å²) in [6, 6.07) is 3.16. The van der Waals surface area contributed by atoms with Gasteiger partial charge in [0.2, 0.25) is 12.7 Å². The van der Waals surface area contributed by atoms with Gasteiger partial charge in [0.15, 0.2) is 11.5 Å². The van der Waals surface area contributed by atoms with Crippen molar-refractivity contribution < 1.29 is 24.2 Å². The highest BCUT2D eigenvalue weighted by molar-refractivity contribution is 6.34. The second-order valence-electron chi connectivity index (χ2n) is 5.16. The van der Waals surface area contributed by atoms with E-state index in [0.717, 1.165) is 6.42 Å². The number of anilines is 1. The summed E-state index contributed by atoms with van der Waals surface area (Å²) in [5, 5.41) is 12.2. The van der Waals surface area contributed by atoms with Crippen LogP contribution in [0.15, 0.2) is 12.1 Å². The molecular formula is C14H14ClNO5. The molecule has 21 heavy (non-hydrogen) atoms. The number of carbonyl (C=O) groups excluding carboxylic acids is 1. The highest BCUT2D eigenvalue weighted by Crippen LogP contribution is 2.40. The molecule has 1 aromatic carbocycles. The van der Waals surface area contributed by atoms with E-state index in [1.54, 1.807) is 12.1 Å². The molecule has 0 radical (unpaired) electrons. The van der Waals surface area contributed by atoms with Crippen molar-refractivity contribution in [1.82, 2.24) is 0 Å². The third-order valence-electron chi connectivity index (χ3n) is 3.89. The summed E-state index contributed by atoms with van der Waals surface area (Å²) in [6.45, 7) is 0.118. The van der Waals surface area contributed by atoms with E-state index >= 15 is 0 Å². The summed E-state index contributed by atoms with van der Waals surface area (Å²) < 4.78 is 10.4. The summed E-state index contributed by atoms with van der Waals surface area (Å²) >= 11 is 6.09. The lowest BCUT2D eigenvalue weighted by Crippen LogP contribution is -2.30.